The van der Waals surface area contributed by atoms with Crippen LogP contribution in [0.15, 0.2) is 12.2 Å². The fourth-order valence-electron chi connectivity index (χ4n) is 6.48. The van der Waals surface area contributed by atoms with Gasteiger partial charge in [0.05, 0.1) is 0 Å². The van der Waals surface area contributed by atoms with Crippen molar-refractivity contribution in [3.8, 4) is 0 Å². The Labute approximate surface area is 303 Å². The van der Waals surface area contributed by atoms with Crippen LogP contribution in [-0.2, 0) is 19.1 Å². The molecule has 6 heteroatoms. The highest BCUT2D eigenvalue weighted by atomic mass is 16.5. The Kier molecular flexibility index (Phi) is 37.5. The molecule has 1 atom stereocenters. The summed E-state index contributed by atoms with van der Waals surface area (Å²) in [6, 6.07) is 0. The van der Waals surface area contributed by atoms with Crippen molar-refractivity contribution in [2.45, 2.75) is 238 Å². The van der Waals surface area contributed by atoms with Crippen LogP contribution in [0.4, 0.5) is 0 Å². The van der Waals surface area contributed by atoms with Crippen LogP contribution in [0.5, 0.6) is 0 Å². The second kappa shape index (κ2) is 38.9. The highest BCUT2D eigenvalue weighted by molar-refractivity contribution is 5.80. The van der Waals surface area contributed by atoms with Crippen LogP contribution in [-0.4, -0.2) is 35.6 Å². The number of amides is 1. The summed E-state index contributed by atoms with van der Waals surface area (Å²) >= 11 is 0. The fourth-order valence-corrected chi connectivity index (χ4v) is 6.48. The second-order valence-electron chi connectivity index (χ2n) is 14.6. The first kappa shape index (κ1) is 47.1. The van der Waals surface area contributed by atoms with Crippen LogP contribution < -0.4 is 5.32 Å². The number of hydrogen-bond acceptors (Lipinski definition) is 4. The normalized spacial score (nSPS) is 12.0. The zero-order valence-corrected chi connectivity index (χ0v) is 32.6. The van der Waals surface area contributed by atoms with Crippen molar-refractivity contribution >= 4 is 17.8 Å². The molecule has 0 aromatic carbocycles. The van der Waals surface area contributed by atoms with E-state index in [1.54, 1.807) is 0 Å². The summed E-state index contributed by atoms with van der Waals surface area (Å²) in [4.78, 5) is 34.8. The summed E-state index contributed by atoms with van der Waals surface area (Å²) in [5.41, 5.74) is 0. The van der Waals surface area contributed by atoms with Gasteiger partial charge in [0.25, 0.3) is 0 Å². The predicted octanol–water partition coefficient (Wildman–Crippen LogP) is 13.0. The fraction of sp³-hybridized carbons (Fsp3) is 0.884. The van der Waals surface area contributed by atoms with Gasteiger partial charge in [-0.1, -0.05) is 187 Å². The maximum atomic E-state index is 12.6. The van der Waals surface area contributed by atoms with E-state index in [4.69, 9.17) is 9.84 Å². The Morgan fingerprint density at radius 3 is 1.37 bits per heavy atom. The summed E-state index contributed by atoms with van der Waals surface area (Å²) in [6.07, 6.45) is 45.2. The van der Waals surface area contributed by atoms with Gasteiger partial charge in [0.15, 0.2) is 0 Å². The number of aliphatic carboxylic acids is 1. The zero-order valence-electron chi connectivity index (χ0n) is 32.6. The van der Waals surface area contributed by atoms with Gasteiger partial charge in [-0.15, -0.1) is 0 Å². The molecule has 0 heterocycles. The van der Waals surface area contributed by atoms with Crippen molar-refractivity contribution in [3.05, 3.63) is 12.2 Å². The molecule has 0 saturated carbocycles. The quantitative estimate of drug-likeness (QED) is 0.0380. The molecule has 0 fully saturated rings. The van der Waals surface area contributed by atoms with E-state index in [9.17, 15) is 14.4 Å². The maximum absolute atomic E-state index is 12.6. The standard InChI is InChI=1S/C43H81NO5/c1-3-5-7-9-11-12-13-14-15-16-17-18-19-20-21-22-23-24-25-26-28-34-38-43(48)49-40(35-31-27-10-8-6-4-2)36-32-29-30-33-37-41(45)44-39-42(46)47/h31,35,40H,3-30,32-34,36-39H2,1-2H3,(H,44,45)(H,46,47)/b35-31-. The van der Waals surface area contributed by atoms with Gasteiger partial charge in [-0.05, 0) is 44.6 Å². The average Bonchev–Trinajstić information content (AvgIpc) is 3.08. The molecule has 0 aliphatic carbocycles. The van der Waals surface area contributed by atoms with Gasteiger partial charge >= 0.3 is 11.9 Å². The topological polar surface area (TPSA) is 92.7 Å². The molecule has 0 rings (SSSR count). The van der Waals surface area contributed by atoms with Crippen molar-refractivity contribution in [1.82, 2.24) is 5.32 Å². The van der Waals surface area contributed by atoms with Crippen molar-refractivity contribution in [3.63, 3.8) is 0 Å². The summed E-state index contributed by atoms with van der Waals surface area (Å²) in [6.45, 7) is 4.19. The SMILES string of the molecule is CCCCCC/C=C\C(CCCCCCC(=O)NCC(=O)O)OC(=O)CCCCCCCCCCCCCCCCCCCCCCCC. The van der Waals surface area contributed by atoms with Gasteiger partial charge in [-0.3, -0.25) is 14.4 Å². The Balaban J connectivity index is 3.82. The lowest BCUT2D eigenvalue weighted by Gasteiger charge is -2.15. The second-order valence-corrected chi connectivity index (χ2v) is 14.6. The average molecular weight is 692 g/mol. The Bertz CT molecular complexity index is 767. The van der Waals surface area contributed by atoms with Crippen LogP contribution >= 0.6 is 0 Å². The highest BCUT2D eigenvalue weighted by Crippen LogP contribution is 2.17. The molecule has 49 heavy (non-hydrogen) atoms. The van der Waals surface area contributed by atoms with Gasteiger partial charge in [0, 0.05) is 12.8 Å². The van der Waals surface area contributed by atoms with Crippen LogP contribution in [0.1, 0.15) is 232 Å². The largest absolute Gasteiger partial charge is 0.480 e. The summed E-state index contributed by atoms with van der Waals surface area (Å²) < 4.78 is 5.88. The lowest BCUT2D eigenvalue weighted by Crippen LogP contribution is -2.28. The molecule has 0 spiro atoms. The molecule has 0 aromatic rings. The Morgan fingerprint density at radius 2 is 0.918 bits per heavy atom. The van der Waals surface area contributed by atoms with Gasteiger partial charge in [0.1, 0.15) is 12.6 Å². The number of carbonyl (C=O) groups excluding carboxylic acids is 2. The van der Waals surface area contributed by atoms with Crippen molar-refractivity contribution in [2.75, 3.05) is 6.54 Å². The molecule has 1 amide bonds. The van der Waals surface area contributed by atoms with Gasteiger partial charge < -0.3 is 15.2 Å². The molecular weight excluding hydrogens is 610 g/mol. The van der Waals surface area contributed by atoms with E-state index >= 15 is 0 Å². The minimum Gasteiger partial charge on any atom is -0.480 e. The van der Waals surface area contributed by atoms with Crippen LogP contribution in [0.2, 0.25) is 0 Å². The molecule has 6 nitrogen and oxygen atoms in total. The van der Waals surface area contributed by atoms with Crippen molar-refractivity contribution < 1.29 is 24.2 Å². The van der Waals surface area contributed by atoms with E-state index in [2.05, 4.69) is 31.3 Å². The van der Waals surface area contributed by atoms with E-state index in [1.807, 2.05) is 0 Å². The first-order valence-corrected chi connectivity index (χ1v) is 21.3. The maximum Gasteiger partial charge on any atom is 0.322 e. The van der Waals surface area contributed by atoms with Gasteiger partial charge in [-0.2, -0.15) is 0 Å². The summed E-state index contributed by atoms with van der Waals surface area (Å²) in [7, 11) is 0. The Morgan fingerprint density at radius 1 is 0.531 bits per heavy atom. The summed E-state index contributed by atoms with van der Waals surface area (Å²) in [5, 5.41) is 11.1. The van der Waals surface area contributed by atoms with Crippen LogP contribution in [0, 0.1) is 0 Å². The third-order valence-corrected chi connectivity index (χ3v) is 9.67. The molecule has 1 unspecified atom stereocenters. The highest BCUT2D eigenvalue weighted by Gasteiger charge is 2.12. The third-order valence-electron chi connectivity index (χ3n) is 9.67. The zero-order chi connectivity index (χ0) is 35.9. The minimum absolute atomic E-state index is 0.0797. The number of unbranched alkanes of at least 4 members (excludes halogenated alkanes) is 28. The number of allylic oxidation sites excluding steroid dienone is 1. The lowest BCUT2D eigenvalue weighted by molar-refractivity contribution is -0.147. The van der Waals surface area contributed by atoms with Crippen LogP contribution in [0.3, 0.4) is 0 Å². The molecule has 0 bridgehead atoms. The van der Waals surface area contributed by atoms with Crippen LogP contribution in [0.25, 0.3) is 0 Å². The molecule has 0 aliphatic heterocycles. The first-order valence-electron chi connectivity index (χ1n) is 21.3. The van der Waals surface area contributed by atoms with Crippen molar-refractivity contribution in [1.29, 1.82) is 0 Å². The molecule has 2 N–H and O–H groups in total. The number of carboxylic acids is 1. The third kappa shape index (κ3) is 38.8. The van der Waals surface area contributed by atoms with Gasteiger partial charge in [0.2, 0.25) is 5.91 Å². The summed E-state index contributed by atoms with van der Waals surface area (Å²) in [5.74, 6) is -1.32. The first-order chi connectivity index (χ1) is 24.0. The smallest absolute Gasteiger partial charge is 0.322 e. The minimum atomic E-state index is -1.02. The lowest BCUT2D eigenvalue weighted by atomic mass is 10.0. The van der Waals surface area contributed by atoms with E-state index in [0.717, 1.165) is 51.4 Å². The van der Waals surface area contributed by atoms with Gasteiger partial charge in [-0.25, -0.2) is 0 Å². The number of hydrogen-bond donors (Lipinski definition) is 2. The molecule has 0 saturated heterocycles. The number of rotatable bonds is 39. The van der Waals surface area contributed by atoms with E-state index in [1.165, 1.54) is 154 Å². The molecule has 0 aliphatic rings. The predicted molar refractivity (Wildman–Crippen MR) is 208 cm³/mol. The number of nitrogens with one attached hydrogen (secondary N) is 1. The molecule has 0 radical (unpaired) electrons. The monoisotopic (exact) mass is 692 g/mol. The van der Waals surface area contributed by atoms with E-state index in [-0.39, 0.29) is 24.5 Å². The Hall–Kier alpha value is -1.85. The number of carbonyl (C=O) groups is 3. The molecular formula is C43H81NO5. The molecule has 288 valence electrons. The van der Waals surface area contributed by atoms with E-state index < -0.39 is 5.97 Å². The molecule has 0 aromatic heterocycles. The number of carboxylic acid groups (broad SMARTS) is 1. The number of esters is 1. The van der Waals surface area contributed by atoms with Crippen molar-refractivity contribution in [2.24, 2.45) is 0 Å². The number of ether oxygens (including phenoxy) is 1. The van der Waals surface area contributed by atoms with E-state index in [0.29, 0.717) is 12.8 Å².